The summed E-state index contributed by atoms with van der Waals surface area (Å²) in [5.74, 6) is 1.73. The summed E-state index contributed by atoms with van der Waals surface area (Å²) in [7, 11) is -1.41. The fraction of sp³-hybridized carbons (Fsp3) is 0.700. The van der Waals surface area contributed by atoms with E-state index in [1.807, 2.05) is 0 Å². The van der Waals surface area contributed by atoms with Gasteiger partial charge in [-0.25, -0.2) is 4.39 Å². The van der Waals surface area contributed by atoms with Crippen molar-refractivity contribution in [2.75, 3.05) is 13.7 Å². The second kappa shape index (κ2) is 6.76. The predicted octanol–water partition coefficient (Wildman–Crippen LogP) is 2.57. The van der Waals surface area contributed by atoms with E-state index in [1.165, 1.54) is 32.4 Å². The molecule has 27 heavy (non-hydrogen) atoms. The van der Waals surface area contributed by atoms with Gasteiger partial charge in [-0.3, -0.25) is 4.79 Å². The number of carbonyl (C=O) groups excluding carboxylic acids is 1. The van der Waals surface area contributed by atoms with Crippen LogP contribution in [0.3, 0.4) is 0 Å². The Hall–Kier alpha value is -1.63. The molecular formula is C20H26FNO4S. The third-order valence-electron chi connectivity index (χ3n) is 6.81. The maximum absolute atomic E-state index is 14.8. The van der Waals surface area contributed by atoms with Gasteiger partial charge < -0.3 is 10.1 Å². The van der Waals surface area contributed by atoms with E-state index < -0.39 is 27.2 Å². The van der Waals surface area contributed by atoms with Crippen molar-refractivity contribution < 1.29 is 22.3 Å². The van der Waals surface area contributed by atoms with Crippen LogP contribution in [0.15, 0.2) is 23.0 Å². The average molecular weight is 395 g/mol. The Morgan fingerprint density at radius 3 is 2.26 bits per heavy atom. The van der Waals surface area contributed by atoms with Gasteiger partial charge in [-0.1, -0.05) is 0 Å². The van der Waals surface area contributed by atoms with E-state index in [0.29, 0.717) is 12.2 Å². The molecule has 0 heterocycles. The Bertz CT molecular complexity index is 827. The van der Waals surface area contributed by atoms with Gasteiger partial charge in [0, 0.05) is 12.5 Å². The third-order valence-corrected chi connectivity index (χ3v) is 7.57. The molecule has 0 spiro atoms. The normalized spacial score (nSPS) is 37.3. The van der Waals surface area contributed by atoms with Crippen molar-refractivity contribution in [2.45, 2.75) is 51.6 Å². The standard InChI is InChI=1S/C20H26FNO4S/c1-11-3-15(19(23)22-2)16(21)18(27(24)25)17(11)26-10-20-7-12-4-13(8-20)6-14(5-12)9-20/h3,12-14,16H,4-10H2,1-2H3,(H,22,23). The molecule has 0 saturated heterocycles. The lowest BCUT2D eigenvalue weighted by atomic mass is 9.50. The molecule has 5 nitrogen and oxygen atoms in total. The van der Waals surface area contributed by atoms with Crippen molar-refractivity contribution in [1.29, 1.82) is 0 Å². The molecular weight excluding hydrogens is 369 g/mol. The molecule has 1 unspecified atom stereocenters. The number of ether oxygens (including phenoxy) is 1. The molecule has 0 radical (unpaired) electrons. The zero-order valence-corrected chi connectivity index (χ0v) is 16.6. The van der Waals surface area contributed by atoms with Crippen LogP contribution in [0.2, 0.25) is 0 Å². The quantitative estimate of drug-likeness (QED) is 0.743. The molecule has 5 rings (SSSR count). The van der Waals surface area contributed by atoms with Crippen LogP contribution in [0, 0.1) is 23.2 Å². The second-order valence-electron chi connectivity index (χ2n) is 8.86. The van der Waals surface area contributed by atoms with Crippen LogP contribution in [0.1, 0.15) is 45.4 Å². The van der Waals surface area contributed by atoms with Crippen LogP contribution in [-0.2, 0) is 19.8 Å². The summed E-state index contributed by atoms with van der Waals surface area (Å²) in [5, 5.41) is 2.36. The van der Waals surface area contributed by atoms with Crippen molar-refractivity contribution in [3.63, 3.8) is 0 Å². The van der Waals surface area contributed by atoms with E-state index in [4.69, 9.17) is 4.74 Å². The van der Waals surface area contributed by atoms with Gasteiger partial charge in [-0.2, -0.15) is 8.42 Å². The van der Waals surface area contributed by atoms with Gasteiger partial charge >= 0.3 is 0 Å². The number of amides is 1. The first-order valence-electron chi connectivity index (χ1n) is 9.70. The summed E-state index contributed by atoms with van der Waals surface area (Å²) in [6.07, 6.45) is 6.71. The van der Waals surface area contributed by atoms with Gasteiger partial charge in [0.1, 0.15) is 5.76 Å². The van der Waals surface area contributed by atoms with Gasteiger partial charge in [0.05, 0.1) is 12.2 Å². The number of allylic oxidation sites excluding steroid dienone is 3. The Kier molecular flexibility index (Phi) is 4.69. The van der Waals surface area contributed by atoms with Crippen LogP contribution in [-0.4, -0.2) is 39.0 Å². The first-order valence-corrected chi connectivity index (χ1v) is 10.8. The highest BCUT2D eigenvalue weighted by Gasteiger charge is 2.51. The number of alkyl halides is 1. The number of hydrogen-bond donors (Lipinski definition) is 1. The molecule has 148 valence electrons. The van der Waals surface area contributed by atoms with E-state index in [0.717, 1.165) is 37.0 Å². The van der Waals surface area contributed by atoms with E-state index in [-0.39, 0.29) is 16.7 Å². The fourth-order valence-corrected chi connectivity index (χ4v) is 6.85. The molecule has 0 aromatic heterocycles. The van der Waals surface area contributed by atoms with Gasteiger partial charge in [0.25, 0.3) is 0 Å². The number of rotatable bonds is 4. The highest BCUT2D eigenvalue weighted by molar-refractivity contribution is 7.73. The Labute approximate surface area is 160 Å². The molecule has 4 saturated carbocycles. The molecule has 7 heteroatoms. The molecule has 5 aliphatic carbocycles. The minimum atomic E-state index is -2.80. The average Bonchev–Trinajstić information content (AvgIpc) is 2.59. The highest BCUT2D eigenvalue weighted by Crippen LogP contribution is 2.60. The Morgan fingerprint density at radius 1 is 1.22 bits per heavy atom. The molecule has 0 aliphatic heterocycles. The molecule has 4 fully saturated rings. The van der Waals surface area contributed by atoms with Crippen molar-refractivity contribution in [2.24, 2.45) is 23.2 Å². The second-order valence-corrected chi connectivity index (χ2v) is 9.77. The molecule has 1 N–H and O–H groups in total. The molecule has 4 bridgehead atoms. The zero-order valence-electron chi connectivity index (χ0n) is 15.8. The van der Waals surface area contributed by atoms with E-state index in [1.54, 1.807) is 6.92 Å². The Morgan fingerprint density at radius 2 is 1.78 bits per heavy atom. The van der Waals surface area contributed by atoms with Gasteiger partial charge in [-0.05, 0) is 74.9 Å². The number of carbonyl (C=O) groups is 1. The van der Waals surface area contributed by atoms with Crippen molar-refractivity contribution in [3.8, 4) is 0 Å². The number of halogens is 1. The Balaban J connectivity index is 1.61. The van der Waals surface area contributed by atoms with E-state index in [9.17, 15) is 17.6 Å². The molecule has 1 amide bonds. The largest absolute Gasteiger partial charge is 0.491 e. The zero-order chi connectivity index (χ0) is 19.3. The smallest absolute Gasteiger partial charge is 0.250 e. The van der Waals surface area contributed by atoms with Crippen LogP contribution in [0.5, 0.6) is 0 Å². The molecule has 0 aromatic rings. The summed E-state index contributed by atoms with van der Waals surface area (Å²) in [5.41, 5.74) is 0.372. The first kappa shape index (κ1) is 18.7. The minimum absolute atomic E-state index is 0.0826. The third kappa shape index (κ3) is 3.24. The van der Waals surface area contributed by atoms with Gasteiger partial charge in [0.15, 0.2) is 11.0 Å². The summed E-state index contributed by atoms with van der Waals surface area (Å²) in [6, 6.07) is 0. The number of likely N-dealkylation sites (N-methyl/N-ethyl adjacent to an activating group) is 1. The van der Waals surface area contributed by atoms with Gasteiger partial charge in [-0.15, -0.1) is 0 Å². The summed E-state index contributed by atoms with van der Waals surface area (Å²) in [4.78, 5) is 11.4. The van der Waals surface area contributed by atoms with E-state index in [2.05, 4.69) is 5.32 Å². The minimum Gasteiger partial charge on any atom is -0.491 e. The fourth-order valence-electron chi connectivity index (χ4n) is 6.18. The first-order chi connectivity index (χ1) is 12.8. The van der Waals surface area contributed by atoms with Crippen LogP contribution >= 0.6 is 0 Å². The highest BCUT2D eigenvalue weighted by atomic mass is 32.2. The SMILES string of the molecule is CNC(=O)C1=CC(C)=C(OCC23CC4CC(CC(C4)C2)C3)C(=S(=O)=O)C1F. The van der Waals surface area contributed by atoms with E-state index >= 15 is 0 Å². The lowest BCUT2D eigenvalue weighted by Gasteiger charge is -2.56. The lowest BCUT2D eigenvalue weighted by Crippen LogP contribution is -2.48. The number of hydrogen-bond acceptors (Lipinski definition) is 4. The van der Waals surface area contributed by atoms with Crippen molar-refractivity contribution in [1.82, 2.24) is 5.32 Å². The van der Waals surface area contributed by atoms with Gasteiger partial charge in [0.2, 0.25) is 16.2 Å². The predicted molar refractivity (Wildman–Crippen MR) is 100 cm³/mol. The topological polar surface area (TPSA) is 72.5 Å². The maximum Gasteiger partial charge on any atom is 0.250 e. The van der Waals surface area contributed by atoms with Crippen LogP contribution in [0.4, 0.5) is 4.39 Å². The monoisotopic (exact) mass is 395 g/mol. The molecule has 0 aromatic carbocycles. The van der Waals surface area contributed by atoms with Crippen LogP contribution < -0.4 is 5.32 Å². The molecule has 1 atom stereocenters. The van der Waals surface area contributed by atoms with Crippen LogP contribution in [0.25, 0.3) is 0 Å². The molecule has 5 aliphatic rings. The summed E-state index contributed by atoms with van der Waals surface area (Å²) >= 11 is 0. The lowest BCUT2D eigenvalue weighted by molar-refractivity contribution is -0.117. The maximum atomic E-state index is 14.8. The summed E-state index contributed by atoms with van der Waals surface area (Å²) < 4.78 is 44.4. The summed E-state index contributed by atoms with van der Waals surface area (Å²) in [6.45, 7) is 2.09. The van der Waals surface area contributed by atoms with Crippen molar-refractivity contribution >= 4 is 21.1 Å². The van der Waals surface area contributed by atoms with Crippen molar-refractivity contribution in [3.05, 3.63) is 23.0 Å². The number of nitrogens with one attached hydrogen (secondary N) is 1.